The van der Waals surface area contributed by atoms with Gasteiger partial charge in [-0.1, -0.05) is 38.1 Å². The standard InChI is InChI=1S/C21H33N3O/c1-5-21(6-2,16-25)19-10-8-18(9-11-19)20(3,4)23-12-7-14-24-15-13-22-17-24/h8-11,13,15,17,23,25H,5-7,12,14,16H2,1-4H3. The number of benzene rings is 1. The van der Waals surface area contributed by atoms with Crippen LogP contribution in [0.5, 0.6) is 0 Å². The molecule has 0 saturated heterocycles. The number of imidazole rings is 1. The average molecular weight is 344 g/mol. The first-order chi connectivity index (χ1) is 12.0. The van der Waals surface area contributed by atoms with Crippen LogP contribution in [-0.2, 0) is 17.5 Å². The molecule has 0 fully saturated rings. The van der Waals surface area contributed by atoms with E-state index in [2.05, 4.69) is 66.8 Å². The van der Waals surface area contributed by atoms with Gasteiger partial charge in [0.1, 0.15) is 0 Å². The molecule has 138 valence electrons. The zero-order chi connectivity index (χ0) is 18.3. The van der Waals surface area contributed by atoms with Crippen molar-refractivity contribution in [2.75, 3.05) is 13.2 Å². The first kappa shape index (κ1) is 19.7. The molecule has 2 N–H and O–H groups in total. The van der Waals surface area contributed by atoms with Crippen LogP contribution in [0.2, 0.25) is 0 Å². The number of rotatable bonds is 10. The minimum atomic E-state index is -0.110. The summed E-state index contributed by atoms with van der Waals surface area (Å²) in [6.07, 6.45) is 8.65. The number of hydrogen-bond donors (Lipinski definition) is 2. The first-order valence-corrected chi connectivity index (χ1v) is 9.40. The zero-order valence-corrected chi connectivity index (χ0v) is 16.1. The highest BCUT2D eigenvalue weighted by molar-refractivity contribution is 5.32. The van der Waals surface area contributed by atoms with Gasteiger partial charge in [-0.3, -0.25) is 0 Å². The monoisotopic (exact) mass is 343 g/mol. The van der Waals surface area contributed by atoms with Crippen molar-refractivity contribution in [2.45, 2.75) is 64.5 Å². The number of nitrogens with one attached hydrogen (secondary N) is 1. The lowest BCUT2D eigenvalue weighted by Crippen LogP contribution is -2.37. The molecule has 2 aromatic rings. The Bertz CT molecular complexity index is 605. The first-order valence-electron chi connectivity index (χ1n) is 9.40. The van der Waals surface area contributed by atoms with Crippen LogP contribution in [-0.4, -0.2) is 27.8 Å². The molecule has 4 nitrogen and oxygen atoms in total. The van der Waals surface area contributed by atoms with Crippen LogP contribution in [0.25, 0.3) is 0 Å². The van der Waals surface area contributed by atoms with Crippen LogP contribution >= 0.6 is 0 Å². The second-order valence-electron chi connectivity index (χ2n) is 7.43. The minimum absolute atomic E-state index is 0.0756. The molecule has 0 saturated carbocycles. The van der Waals surface area contributed by atoms with Crippen molar-refractivity contribution in [1.82, 2.24) is 14.9 Å². The molecule has 0 bridgehead atoms. The molecule has 1 aromatic heterocycles. The maximum absolute atomic E-state index is 9.86. The lowest BCUT2D eigenvalue weighted by atomic mass is 9.76. The third kappa shape index (κ3) is 4.71. The summed E-state index contributed by atoms with van der Waals surface area (Å²) < 4.78 is 2.10. The van der Waals surface area contributed by atoms with E-state index in [-0.39, 0.29) is 17.6 Å². The second-order valence-corrected chi connectivity index (χ2v) is 7.43. The van der Waals surface area contributed by atoms with Gasteiger partial charge >= 0.3 is 0 Å². The average Bonchev–Trinajstić information content (AvgIpc) is 3.15. The van der Waals surface area contributed by atoms with E-state index < -0.39 is 0 Å². The Morgan fingerprint density at radius 3 is 2.24 bits per heavy atom. The van der Waals surface area contributed by atoms with Crippen molar-refractivity contribution in [3.63, 3.8) is 0 Å². The summed E-state index contributed by atoms with van der Waals surface area (Å²) in [6.45, 7) is 10.9. The Balaban J connectivity index is 1.96. The topological polar surface area (TPSA) is 50.1 Å². The van der Waals surface area contributed by atoms with Gasteiger partial charge in [-0.25, -0.2) is 4.98 Å². The molecule has 1 aromatic carbocycles. The summed E-state index contributed by atoms with van der Waals surface area (Å²) in [7, 11) is 0. The van der Waals surface area contributed by atoms with Gasteiger partial charge in [-0.05, 0) is 50.8 Å². The lowest BCUT2D eigenvalue weighted by molar-refractivity contribution is 0.183. The maximum Gasteiger partial charge on any atom is 0.0945 e. The van der Waals surface area contributed by atoms with E-state index in [0.717, 1.165) is 32.4 Å². The van der Waals surface area contributed by atoms with Crippen molar-refractivity contribution >= 4 is 0 Å². The predicted molar refractivity (Wildman–Crippen MR) is 104 cm³/mol. The molecule has 0 amide bonds. The van der Waals surface area contributed by atoms with Gasteiger partial charge < -0.3 is 15.0 Å². The third-order valence-electron chi connectivity index (χ3n) is 5.59. The number of nitrogens with zero attached hydrogens (tertiary/aromatic N) is 2. The number of hydrogen-bond acceptors (Lipinski definition) is 3. The SMILES string of the molecule is CCC(CC)(CO)c1ccc(C(C)(C)NCCCn2ccnc2)cc1. The third-order valence-corrected chi connectivity index (χ3v) is 5.59. The van der Waals surface area contributed by atoms with Crippen LogP contribution in [0.3, 0.4) is 0 Å². The summed E-state index contributed by atoms with van der Waals surface area (Å²) >= 11 is 0. The highest BCUT2D eigenvalue weighted by atomic mass is 16.3. The lowest BCUT2D eigenvalue weighted by Gasteiger charge is -2.32. The van der Waals surface area contributed by atoms with Crippen LogP contribution in [0.15, 0.2) is 43.0 Å². The van der Waals surface area contributed by atoms with Gasteiger partial charge in [0, 0.05) is 29.9 Å². The van der Waals surface area contributed by atoms with Gasteiger partial charge in [0.15, 0.2) is 0 Å². The summed E-state index contributed by atoms with van der Waals surface area (Å²) in [4.78, 5) is 4.07. The van der Waals surface area contributed by atoms with Gasteiger partial charge in [0.25, 0.3) is 0 Å². The van der Waals surface area contributed by atoms with E-state index in [1.165, 1.54) is 11.1 Å². The maximum atomic E-state index is 9.86. The van der Waals surface area contributed by atoms with Crippen molar-refractivity contribution < 1.29 is 5.11 Å². The smallest absolute Gasteiger partial charge is 0.0945 e. The van der Waals surface area contributed by atoms with Crippen LogP contribution < -0.4 is 5.32 Å². The number of aliphatic hydroxyl groups excluding tert-OH is 1. The molecular formula is C21H33N3O. The summed E-state index contributed by atoms with van der Waals surface area (Å²) in [5.41, 5.74) is 2.33. The Morgan fingerprint density at radius 2 is 1.72 bits per heavy atom. The van der Waals surface area contributed by atoms with Crippen molar-refractivity contribution in [3.8, 4) is 0 Å². The largest absolute Gasteiger partial charge is 0.395 e. The van der Waals surface area contributed by atoms with Gasteiger partial charge in [-0.15, -0.1) is 0 Å². The molecular weight excluding hydrogens is 310 g/mol. The van der Waals surface area contributed by atoms with Gasteiger partial charge in [0.05, 0.1) is 12.9 Å². The van der Waals surface area contributed by atoms with Gasteiger partial charge in [-0.2, -0.15) is 0 Å². The normalized spacial score (nSPS) is 12.5. The number of aliphatic hydroxyl groups is 1. The molecule has 0 aliphatic rings. The van der Waals surface area contributed by atoms with Crippen LogP contribution in [0.1, 0.15) is 58.1 Å². The zero-order valence-electron chi connectivity index (χ0n) is 16.1. The van der Waals surface area contributed by atoms with E-state index in [9.17, 15) is 5.11 Å². The molecule has 0 aliphatic heterocycles. The second kappa shape index (κ2) is 8.63. The molecule has 25 heavy (non-hydrogen) atoms. The quantitative estimate of drug-likeness (QED) is 0.644. The molecule has 0 aliphatic carbocycles. The number of aromatic nitrogens is 2. The van der Waals surface area contributed by atoms with E-state index >= 15 is 0 Å². The fraction of sp³-hybridized carbons (Fsp3) is 0.571. The molecule has 0 spiro atoms. The Morgan fingerprint density at radius 1 is 1.08 bits per heavy atom. The molecule has 0 radical (unpaired) electrons. The van der Waals surface area contributed by atoms with E-state index in [4.69, 9.17) is 0 Å². The molecule has 1 heterocycles. The van der Waals surface area contributed by atoms with E-state index in [1.54, 1.807) is 0 Å². The number of aryl methyl sites for hydroxylation is 1. The molecule has 4 heteroatoms. The predicted octanol–water partition coefficient (Wildman–Crippen LogP) is 3.85. The highest BCUT2D eigenvalue weighted by Crippen LogP contribution is 2.32. The molecule has 0 atom stereocenters. The Hall–Kier alpha value is -1.65. The Kier molecular flexibility index (Phi) is 6.79. The summed E-state index contributed by atoms with van der Waals surface area (Å²) in [5, 5.41) is 13.5. The fourth-order valence-corrected chi connectivity index (χ4v) is 3.40. The van der Waals surface area contributed by atoms with Gasteiger partial charge in [0.2, 0.25) is 0 Å². The van der Waals surface area contributed by atoms with Crippen LogP contribution in [0, 0.1) is 0 Å². The summed E-state index contributed by atoms with van der Waals surface area (Å²) in [6, 6.07) is 8.78. The van der Waals surface area contributed by atoms with Crippen molar-refractivity contribution in [3.05, 3.63) is 54.1 Å². The molecule has 2 rings (SSSR count). The minimum Gasteiger partial charge on any atom is -0.395 e. The summed E-state index contributed by atoms with van der Waals surface area (Å²) in [5.74, 6) is 0. The molecule has 0 unspecified atom stereocenters. The van der Waals surface area contributed by atoms with E-state index in [0.29, 0.717) is 0 Å². The Labute approximate surface area is 152 Å². The van der Waals surface area contributed by atoms with Crippen LogP contribution in [0.4, 0.5) is 0 Å². The highest BCUT2D eigenvalue weighted by Gasteiger charge is 2.28. The van der Waals surface area contributed by atoms with Crippen molar-refractivity contribution in [2.24, 2.45) is 0 Å². The fourth-order valence-electron chi connectivity index (χ4n) is 3.40. The van der Waals surface area contributed by atoms with Crippen molar-refractivity contribution in [1.29, 1.82) is 0 Å². The van der Waals surface area contributed by atoms with E-state index in [1.807, 2.05) is 18.7 Å².